The number of azide groups is 1. The van der Waals surface area contributed by atoms with Gasteiger partial charge < -0.3 is 9.84 Å². The Bertz CT molecular complexity index is 423. The summed E-state index contributed by atoms with van der Waals surface area (Å²) in [5, 5.41) is 15.5. The molecule has 15 heavy (non-hydrogen) atoms. The zero-order valence-electron chi connectivity index (χ0n) is 8.41. The van der Waals surface area contributed by atoms with Crippen LogP contribution in [0.25, 0.3) is 10.4 Å². The number of nitrogens with zero attached hydrogens (tertiary/aromatic N) is 3. The van der Waals surface area contributed by atoms with Gasteiger partial charge in [0.2, 0.25) is 0 Å². The number of hydrogen-bond donors (Lipinski definition) is 1. The molecule has 1 aromatic rings. The molecule has 0 aliphatic carbocycles. The highest BCUT2D eigenvalue weighted by molar-refractivity contribution is 7.10. The maximum atomic E-state index is 10.0. The van der Waals surface area contributed by atoms with Gasteiger partial charge in [-0.1, -0.05) is 5.11 Å². The number of aliphatic hydroxyl groups excluding tert-OH is 1. The summed E-state index contributed by atoms with van der Waals surface area (Å²) >= 11 is 1.43. The molecule has 1 aliphatic rings. The molecule has 5 nitrogen and oxygen atoms in total. The van der Waals surface area contributed by atoms with E-state index in [1.165, 1.54) is 11.3 Å². The summed E-state index contributed by atoms with van der Waals surface area (Å²) in [6, 6.07) is 1.28. The summed E-state index contributed by atoms with van der Waals surface area (Å²) < 4.78 is 5.63. The summed E-state index contributed by atoms with van der Waals surface area (Å²) in [6.07, 6.45) is -0.820. The molecule has 2 atom stereocenters. The lowest BCUT2D eigenvalue weighted by atomic mass is 9.91. The fourth-order valence-corrected chi connectivity index (χ4v) is 2.53. The molecule has 0 bridgehead atoms. The lowest BCUT2D eigenvalue weighted by Crippen LogP contribution is -2.47. The molecule has 0 radical (unpaired) electrons. The molecule has 6 heteroatoms. The van der Waals surface area contributed by atoms with E-state index in [0.29, 0.717) is 5.75 Å². The van der Waals surface area contributed by atoms with E-state index in [4.69, 9.17) is 10.3 Å². The molecule has 2 heterocycles. The lowest BCUT2D eigenvalue weighted by Gasteiger charge is -2.38. The molecule has 0 spiro atoms. The Hall–Kier alpha value is -1.23. The third kappa shape index (κ3) is 1.56. The molecule has 0 saturated carbocycles. The van der Waals surface area contributed by atoms with Gasteiger partial charge in [-0.25, -0.2) is 0 Å². The van der Waals surface area contributed by atoms with Gasteiger partial charge in [0.05, 0.1) is 4.88 Å². The Kier molecular flexibility index (Phi) is 2.34. The van der Waals surface area contributed by atoms with Gasteiger partial charge in [0, 0.05) is 4.91 Å². The molecular weight excluding hydrogens is 214 g/mol. The maximum absolute atomic E-state index is 10.0. The first-order valence-corrected chi connectivity index (χ1v) is 5.43. The summed E-state index contributed by atoms with van der Waals surface area (Å²) in [6.45, 7) is 3.55. The molecule has 0 saturated heterocycles. The highest BCUT2D eigenvalue weighted by Crippen LogP contribution is 2.44. The number of aliphatic hydroxyl groups is 1. The standard InChI is InChI=1S/C9H11N3O2S/c1-9(2)8(13)6(11-12-10)7-5(14-9)3-4-15-7/h3-4,6,8,13H,1-2H3/t6-,8-/m1/s1. The van der Waals surface area contributed by atoms with Crippen LogP contribution in [0, 0.1) is 0 Å². The summed E-state index contributed by atoms with van der Waals surface area (Å²) in [4.78, 5) is 3.56. The fourth-order valence-electron chi connectivity index (χ4n) is 1.65. The number of ether oxygens (including phenoxy) is 1. The van der Waals surface area contributed by atoms with Crippen molar-refractivity contribution in [3.63, 3.8) is 0 Å². The Morgan fingerprint density at radius 3 is 3.07 bits per heavy atom. The predicted octanol–water partition coefficient (Wildman–Crippen LogP) is 2.63. The van der Waals surface area contributed by atoms with Gasteiger partial charge in [0.25, 0.3) is 0 Å². The summed E-state index contributed by atoms with van der Waals surface area (Å²) in [5.41, 5.74) is 7.75. The van der Waals surface area contributed by atoms with Gasteiger partial charge in [-0.3, -0.25) is 0 Å². The first-order chi connectivity index (χ1) is 7.06. The van der Waals surface area contributed by atoms with E-state index in [9.17, 15) is 5.11 Å². The molecule has 1 aromatic heterocycles. The SMILES string of the molecule is CC1(C)Oc2ccsc2[C@@H](N=[N+]=[N-])[C@H]1O. The second kappa shape index (κ2) is 3.41. The minimum absolute atomic E-state index is 0.547. The first kappa shape index (κ1) is 10.3. The van der Waals surface area contributed by atoms with E-state index in [-0.39, 0.29) is 0 Å². The lowest BCUT2D eigenvalue weighted by molar-refractivity contribution is -0.0555. The van der Waals surface area contributed by atoms with Crippen LogP contribution in [0.1, 0.15) is 24.8 Å². The second-order valence-electron chi connectivity index (χ2n) is 3.95. The molecule has 0 amide bonds. The van der Waals surface area contributed by atoms with Crippen LogP contribution in [-0.4, -0.2) is 16.8 Å². The molecule has 0 aromatic carbocycles. The maximum Gasteiger partial charge on any atom is 0.134 e. The highest BCUT2D eigenvalue weighted by atomic mass is 32.1. The number of hydrogen-bond acceptors (Lipinski definition) is 4. The van der Waals surface area contributed by atoms with Crippen LogP contribution in [0.3, 0.4) is 0 Å². The van der Waals surface area contributed by atoms with Gasteiger partial charge in [0.1, 0.15) is 23.5 Å². The van der Waals surface area contributed by atoms with Crippen molar-refractivity contribution in [1.82, 2.24) is 0 Å². The van der Waals surface area contributed by atoms with Gasteiger partial charge in [0.15, 0.2) is 0 Å². The van der Waals surface area contributed by atoms with Crippen LogP contribution < -0.4 is 4.74 Å². The van der Waals surface area contributed by atoms with Gasteiger partial charge >= 0.3 is 0 Å². The van der Waals surface area contributed by atoms with Gasteiger partial charge in [-0.05, 0) is 30.8 Å². The molecular formula is C9H11N3O2S. The Morgan fingerprint density at radius 1 is 1.67 bits per heavy atom. The van der Waals surface area contributed by atoms with Crippen LogP contribution in [0.5, 0.6) is 5.75 Å². The largest absolute Gasteiger partial charge is 0.484 e. The average Bonchev–Trinajstić information content (AvgIpc) is 2.59. The van der Waals surface area contributed by atoms with Crippen LogP contribution >= 0.6 is 11.3 Å². The number of rotatable bonds is 1. The van der Waals surface area contributed by atoms with Crippen molar-refractivity contribution in [2.75, 3.05) is 0 Å². The first-order valence-electron chi connectivity index (χ1n) is 4.55. The predicted molar refractivity (Wildman–Crippen MR) is 56.9 cm³/mol. The third-order valence-electron chi connectivity index (χ3n) is 2.49. The molecule has 1 N–H and O–H groups in total. The smallest absolute Gasteiger partial charge is 0.134 e. The van der Waals surface area contributed by atoms with E-state index < -0.39 is 17.7 Å². The van der Waals surface area contributed by atoms with Crippen LogP contribution in [-0.2, 0) is 0 Å². The minimum Gasteiger partial charge on any atom is -0.484 e. The Labute approximate surface area is 90.9 Å². The van der Waals surface area contributed by atoms with Crippen LogP contribution in [0.15, 0.2) is 16.6 Å². The zero-order valence-corrected chi connectivity index (χ0v) is 9.23. The Balaban J connectivity index is 2.50. The van der Waals surface area contributed by atoms with E-state index in [0.717, 1.165) is 4.88 Å². The van der Waals surface area contributed by atoms with Crippen molar-refractivity contribution >= 4 is 11.3 Å². The van der Waals surface area contributed by atoms with Crippen molar-refractivity contribution in [3.8, 4) is 5.75 Å². The van der Waals surface area contributed by atoms with Crippen molar-refractivity contribution in [1.29, 1.82) is 0 Å². The molecule has 1 aliphatic heterocycles. The van der Waals surface area contributed by atoms with Crippen molar-refractivity contribution in [2.24, 2.45) is 5.11 Å². The Morgan fingerprint density at radius 2 is 2.40 bits per heavy atom. The highest BCUT2D eigenvalue weighted by Gasteiger charge is 2.43. The van der Waals surface area contributed by atoms with Crippen LogP contribution in [0.4, 0.5) is 0 Å². The zero-order chi connectivity index (χ0) is 11.1. The minimum atomic E-state index is -0.820. The second-order valence-corrected chi connectivity index (χ2v) is 4.90. The van der Waals surface area contributed by atoms with Crippen molar-refractivity contribution in [3.05, 3.63) is 26.8 Å². The fraction of sp³-hybridized carbons (Fsp3) is 0.556. The number of thiophene rings is 1. The van der Waals surface area contributed by atoms with E-state index in [2.05, 4.69) is 10.0 Å². The van der Waals surface area contributed by atoms with E-state index >= 15 is 0 Å². The molecule has 0 unspecified atom stereocenters. The van der Waals surface area contributed by atoms with Gasteiger partial charge in [-0.15, -0.1) is 11.3 Å². The normalized spacial score (nSPS) is 27.4. The molecule has 80 valence electrons. The quantitative estimate of drug-likeness (QED) is 0.453. The topological polar surface area (TPSA) is 78.2 Å². The van der Waals surface area contributed by atoms with Crippen LogP contribution in [0.2, 0.25) is 0 Å². The molecule has 0 fully saturated rings. The monoisotopic (exact) mass is 225 g/mol. The number of fused-ring (bicyclic) bond motifs is 1. The van der Waals surface area contributed by atoms with Gasteiger partial charge in [-0.2, -0.15) is 0 Å². The third-order valence-corrected chi connectivity index (χ3v) is 3.46. The van der Waals surface area contributed by atoms with Crippen molar-refractivity contribution in [2.45, 2.75) is 31.6 Å². The van der Waals surface area contributed by atoms with Crippen molar-refractivity contribution < 1.29 is 9.84 Å². The summed E-state index contributed by atoms with van der Waals surface area (Å²) in [5.74, 6) is 0.702. The molecule has 2 rings (SSSR count). The summed E-state index contributed by atoms with van der Waals surface area (Å²) in [7, 11) is 0. The average molecular weight is 225 g/mol. The van der Waals surface area contributed by atoms with E-state index in [1.54, 1.807) is 13.8 Å². The van der Waals surface area contributed by atoms with E-state index in [1.807, 2.05) is 11.4 Å².